The molecule has 0 radical (unpaired) electrons. The van der Waals surface area contributed by atoms with Crippen LogP contribution in [0.2, 0.25) is 5.02 Å². The molecule has 0 spiro atoms. The van der Waals surface area contributed by atoms with Crippen molar-refractivity contribution in [2.75, 3.05) is 43.0 Å². The molecule has 7 nitrogen and oxygen atoms in total. The largest absolute Gasteiger partial charge is 0.354 e. The van der Waals surface area contributed by atoms with Gasteiger partial charge in [0.05, 0.1) is 18.8 Å². The molecule has 0 bridgehead atoms. The highest BCUT2D eigenvalue weighted by Gasteiger charge is 2.30. The number of anilines is 2. The molecule has 0 atom stereocenters. The highest BCUT2D eigenvalue weighted by atomic mass is 35.5. The van der Waals surface area contributed by atoms with Gasteiger partial charge in [-0.05, 0) is 29.8 Å². The van der Waals surface area contributed by atoms with Crippen LogP contribution in [-0.2, 0) is 19.6 Å². The predicted molar refractivity (Wildman–Crippen MR) is 130 cm³/mol. The summed E-state index contributed by atoms with van der Waals surface area (Å²) < 4.78 is 0. The van der Waals surface area contributed by atoms with Crippen LogP contribution in [0, 0.1) is 0 Å². The van der Waals surface area contributed by atoms with Crippen LogP contribution in [-0.4, -0.2) is 59.0 Å². The number of amides is 2. The van der Waals surface area contributed by atoms with Gasteiger partial charge in [0.1, 0.15) is 12.1 Å². The Hall–Kier alpha value is -3.16. The maximum absolute atomic E-state index is 13.2. The Balaban J connectivity index is 1.37. The fourth-order valence-corrected chi connectivity index (χ4v) is 4.64. The molecule has 3 heterocycles. The predicted octanol–water partition coefficient (Wildman–Crippen LogP) is 4.02. The highest BCUT2D eigenvalue weighted by Crippen LogP contribution is 2.30. The standard InChI is InChI=1S/C25H27ClN6O/c1-29-17-23-22(16-32(25(29)33)21-9-7-20(26)8-10-21)24(28-18-27-23)31-13-11-30(12-14-31)15-19-5-3-2-4-6-19/h2-10,18H,11-17H2,1H3. The number of urea groups is 1. The molecule has 8 heteroatoms. The molecule has 2 aromatic carbocycles. The summed E-state index contributed by atoms with van der Waals surface area (Å²) in [5.41, 5.74) is 4.06. The number of rotatable bonds is 4. The van der Waals surface area contributed by atoms with Crippen molar-refractivity contribution in [2.24, 2.45) is 0 Å². The third-order valence-electron chi connectivity index (χ3n) is 6.33. The molecule has 1 saturated heterocycles. The third kappa shape index (κ3) is 4.65. The number of fused-ring (bicyclic) bond motifs is 1. The monoisotopic (exact) mass is 462 g/mol. The van der Waals surface area contributed by atoms with Crippen molar-refractivity contribution in [1.82, 2.24) is 19.8 Å². The Morgan fingerprint density at radius 2 is 1.64 bits per heavy atom. The zero-order valence-electron chi connectivity index (χ0n) is 18.7. The Morgan fingerprint density at radius 1 is 0.909 bits per heavy atom. The number of hydrogen-bond acceptors (Lipinski definition) is 5. The molecular weight excluding hydrogens is 436 g/mol. The van der Waals surface area contributed by atoms with Crippen LogP contribution >= 0.6 is 11.6 Å². The minimum absolute atomic E-state index is 0.0612. The molecule has 0 unspecified atom stereocenters. The SMILES string of the molecule is CN1Cc2ncnc(N3CCN(Cc4ccccc4)CC3)c2CN(c2ccc(Cl)cc2)C1=O. The molecule has 2 amide bonds. The van der Waals surface area contributed by atoms with Crippen LogP contribution in [0.25, 0.3) is 0 Å². The first kappa shape index (κ1) is 21.7. The molecule has 2 aliphatic rings. The molecule has 0 aliphatic carbocycles. The second-order valence-electron chi connectivity index (χ2n) is 8.57. The summed E-state index contributed by atoms with van der Waals surface area (Å²) in [6.07, 6.45) is 1.63. The third-order valence-corrected chi connectivity index (χ3v) is 6.58. The van der Waals surface area contributed by atoms with Gasteiger partial charge in [-0.15, -0.1) is 0 Å². The van der Waals surface area contributed by atoms with Gasteiger partial charge in [0.2, 0.25) is 0 Å². The first-order valence-corrected chi connectivity index (χ1v) is 11.6. The summed E-state index contributed by atoms with van der Waals surface area (Å²) in [6, 6.07) is 17.9. The van der Waals surface area contributed by atoms with E-state index in [1.165, 1.54) is 5.56 Å². The number of nitrogens with zero attached hydrogens (tertiary/aromatic N) is 6. The van der Waals surface area contributed by atoms with E-state index in [4.69, 9.17) is 11.6 Å². The number of hydrogen-bond donors (Lipinski definition) is 0. The van der Waals surface area contributed by atoms with Crippen molar-refractivity contribution in [1.29, 1.82) is 0 Å². The zero-order chi connectivity index (χ0) is 22.8. The number of benzene rings is 2. The number of carbonyl (C=O) groups is 1. The summed E-state index contributed by atoms with van der Waals surface area (Å²) in [6.45, 7) is 5.56. The average Bonchev–Trinajstić information content (AvgIpc) is 2.97. The second-order valence-corrected chi connectivity index (χ2v) is 9.01. The molecule has 0 saturated carbocycles. The lowest BCUT2D eigenvalue weighted by Gasteiger charge is -2.36. The maximum Gasteiger partial charge on any atom is 0.324 e. The van der Waals surface area contributed by atoms with E-state index in [9.17, 15) is 4.79 Å². The van der Waals surface area contributed by atoms with Crippen molar-refractivity contribution >= 4 is 29.1 Å². The summed E-state index contributed by atoms with van der Waals surface area (Å²) in [5.74, 6) is 0.932. The van der Waals surface area contributed by atoms with Crippen molar-refractivity contribution in [3.8, 4) is 0 Å². The smallest absolute Gasteiger partial charge is 0.324 e. The van der Waals surface area contributed by atoms with Crippen LogP contribution in [0.1, 0.15) is 16.8 Å². The molecule has 170 valence electrons. The zero-order valence-corrected chi connectivity index (χ0v) is 19.4. The van der Waals surface area contributed by atoms with Crippen LogP contribution in [0.5, 0.6) is 0 Å². The van der Waals surface area contributed by atoms with E-state index in [0.717, 1.165) is 55.5 Å². The normalized spacial score (nSPS) is 17.2. The van der Waals surface area contributed by atoms with Crippen molar-refractivity contribution in [3.05, 3.63) is 82.8 Å². The topological polar surface area (TPSA) is 55.8 Å². The van der Waals surface area contributed by atoms with E-state index in [2.05, 4.69) is 50.1 Å². The molecule has 1 fully saturated rings. The molecule has 33 heavy (non-hydrogen) atoms. The highest BCUT2D eigenvalue weighted by molar-refractivity contribution is 6.30. The summed E-state index contributed by atoms with van der Waals surface area (Å²) in [4.78, 5) is 30.7. The number of carbonyl (C=O) groups excluding carboxylic acids is 1. The number of aromatic nitrogens is 2. The Labute approximate surface area is 199 Å². The lowest BCUT2D eigenvalue weighted by Crippen LogP contribution is -2.46. The minimum Gasteiger partial charge on any atom is -0.354 e. The van der Waals surface area contributed by atoms with E-state index in [-0.39, 0.29) is 6.03 Å². The van der Waals surface area contributed by atoms with Crippen molar-refractivity contribution in [2.45, 2.75) is 19.6 Å². The van der Waals surface area contributed by atoms with Gasteiger partial charge in [-0.3, -0.25) is 9.80 Å². The lowest BCUT2D eigenvalue weighted by atomic mass is 10.1. The molecule has 0 N–H and O–H groups in total. The van der Waals surface area contributed by atoms with Gasteiger partial charge >= 0.3 is 6.03 Å². The maximum atomic E-state index is 13.2. The Bertz CT molecular complexity index is 1120. The van der Waals surface area contributed by atoms with Crippen LogP contribution < -0.4 is 9.80 Å². The van der Waals surface area contributed by atoms with Crippen LogP contribution in [0.3, 0.4) is 0 Å². The number of piperazine rings is 1. The van der Waals surface area contributed by atoms with E-state index in [1.807, 2.05) is 31.3 Å². The van der Waals surface area contributed by atoms with E-state index in [1.54, 1.807) is 16.1 Å². The fourth-order valence-electron chi connectivity index (χ4n) is 4.52. The van der Waals surface area contributed by atoms with Gasteiger partial charge in [0.25, 0.3) is 0 Å². The summed E-state index contributed by atoms with van der Waals surface area (Å²) >= 11 is 6.07. The molecule has 5 rings (SSSR count). The molecule has 2 aliphatic heterocycles. The molecule has 1 aromatic heterocycles. The molecular formula is C25H27ClN6O. The van der Waals surface area contributed by atoms with Gasteiger partial charge in [0.15, 0.2) is 0 Å². The Morgan fingerprint density at radius 3 is 2.36 bits per heavy atom. The Kier molecular flexibility index (Phi) is 6.15. The quantitative estimate of drug-likeness (QED) is 0.586. The van der Waals surface area contributed by atoms with E-state index >= 15 is 0 Å². The fraction of sp³-hybridized carbons (Fsp3) is 0.320. The lowest BCUT2D eigenvalue weighted by molar-refractivity contribution is 0.214. The van der Waals surface area contributed by atoms with Gasteiger partial charge in [-0.25, -0.2) is 14.8 Å². The first-order valence-electron chi connectivity index (χ1n) is 11.2. The van der Waals surface area contributed by atoms with Crippen molar-refractivity contribution < 1.29 is 4.79 Å². The van der Waals surface area contributed by atoms with Crippen LogP contribution in [0.4, 0.5) is 16.3 Å². The molecule has 3 aromatic rings. The van der Waals surface area contributed by atoms with Crippen LogP contribution in [0.15, 0.2) is 60.9 Å². The number of halogens is 1. The van der Waals surface area contributed by atoms with Gasteiger partial charge < -0.3 is 9.80 Å². The minimum atomic E-state index is -0.0612. The first-order chi connectivity index (χ1) is 16.1. The van der Waals surface area contributed by atoms with Gasteiger partial charge in [-0.1, -0.05) is 41.9 Å². The average molecular weight is 463 g/mol. The van der Waals surface area contributed by atoms with E-state index < -0.39 is 0 Å². The summed E-state index contributed by atoms with van der Waals surface area (Å²) in [7, 11) is 1.81. The van der Waals surface area contributed by atoms with Gasteiger partial charge in [0, 0.05) is 56.0 Å². The van der Waals surface area contributed by atoms with Gasteiger partial charge in [-0.2, -0.15) is 0 Å². The van der Waals surface area contributed by atoms with E-state index in [0.29, 0.717) is 18.1 Å². The second kappa shape index (κ2) is 9.37. The summed E-state index contributed by atoms with van der Waals surface area (Å²) in [5, 5.41) is 0.646. The van der Waals surface area contributed by atoms with Crippen molar-refractivity contribution in [3.63, 3.8) is 0 Å².